The van der Waals surface area contributed by atoms with Crippen LogP contribution in [0.5, 0.6) is 0 Å². The molecule has 3 heterocycles. The molecule has 4 rings (SSSR count). The highest BCUT2D eigenvalue weighted by Gasteiger charge is 2.31. The fourth-order valence-electron chi connectivity index (χ4n) is 4.55. The lowest BCUT2D eigenvalue weighted by molar-refractivity contribution is -0.138. The van der Waals surface area contributed by atoms with E-state index in [-0.39, 0.29) is 57.8 Å². The van der Waals surface area contributed by atoms with E-state index in [1.165, 1.54) is 9.80 Å². The average Bonchev–Trinajstić information content (AvgIpc) is 3.45. The van der Waals surface area contributed by atoms with Crippen molar-refractivity contribution in [3.05, 3.63) is 42.1 Å². The Morgan fingerprint density at radius 2 is 1.70 bits per heavy atom. The molecular formula is C28H35N7O8. The molecule has 2 aliphatic heterocycles. The summed E-state index contributed by atoms with van der Waals surface area (Å²) in [5.74, 6) is -0.520. The molecule has 1 aromatic heterocycles. The molecule has 0 bridgehead atoms. The number of carbonyl (C=O) groups excluding carboxylic acids is 3. The minimum Gasteiger partial charge on any atom is -0.483 e. The predicted molar refractivity (Wildman–Crippen MR) is 155 cm³/mol. The molecule has 230 valence electrons. The fourth-order valence-corrected chi connectivity index (χ4v) is 4.55. The minimum absolute atomic E-state index is 0.0452. The van der Waals surface area contributed by atoms with E-state index < -0.39 is 29.9 Å². The van der Waals surface area contributed by atoms with E-state index >= 15 is 0 Å². The molecule has 1 saturated heterocycles. The standard InChI is InChI=1S/C27H33N7O6.CH2O2/c1-3-40-27(39)33-15-13-32(14-16-33)26(38)20(9-10-23(35)36)30-25(37)21-17-22(34-12-11-28-18(34)2)31-24(29-21)19-7-5-4-6-8-19;2-1-3/h4-8,17,20H,3,9-16H2,1-2H3,(H,30,37)(H,35,36);1H,(H,2,3)/t20-;/m0./s1. The smallest absolute Gasteiger partial charge is 0.409 e. The van der Waals surface area contributed by atoms with Gasteiger partial charge in [-0.2, -0.15) is 0 Å². The molecule has 2 aliphatic rings. The van der Waals surface area contributed by atoms with Crippen LogP contribution < -0.4 is 10.2 Å². The van der Waals surface area contributed by atoms with Crippen LogP contribution in [0.4, 0.5) is 10.6 Å². The Bertz CT molecular complexity index is 1330. The van der Waals surface area contributed by atoms with Crippen LogP contribution in [0.2, 0.25) is 0 Å². The average molecular weight is 598 g/mol. The lowest BCUT2D eigenvalue weighted by Gasteiger charge is -2.35. The van der Waals surface area contributed by atoms with E-state index in [9.17, 15) is 24.3 Å². The van der Waals surface area contributed by atoms with Crippen molar-refractivity contribution in [1.29, 1.82) is 0 Å². The summed E-state index contributed by atoms with van der Waals surface area (Å²) in [6, 6.07) is 9.67. The maximum atomic E-state index is 13.5. The monoisotopic (exact) mass is 597 g/mol. The minimum atomic E-state index is -1.09. The van der Waals surface area contributed by atoms with Gasteiger partial charge in [-0.1, -0.05) is 30.3 Å². The summed E-state index contributed by atoms with van der Waals surface area (Å²) in [7, 11) is 0. The first-order valence-corrected chi connectivity index (χ1v) is 13.7. The molecule has 1 atom stereocenters. The van der Waals surface area contributed by atoms with Gasteiger partial charge in [-0.25, -0.2) is 14.8 Å². The highest BCUT2D eigenvalue weighted by molar-refractivity contribution is 6.00. The first kappa shape index (κ1) is 32.4. The normalized spacial score (nSPS) is 15.0. The second-order valence-corrected chi connectivity index (χ2v) is 9.46. The number of nitrogens with one attached hydrogen (secondary N) is 1. The topological polar surface area (TPSA) is 195 Å². The Balaban J connectivity index is 0.00000162. The van der Waals surface area contributed by atoms with Gasteiger partial charge in [-0.15, -0.1) is 0 Å². The van der Waals surface area contributed by atoms with Crippen LogP contribution >= 0.6 is 0 Å². The molecule has 3 amide bonds. The number of carbonyl (C=O) groups is 5. The molecule has 1 aromatic carbocycles. The van der Waals surface area contributed by atoms with Crippen molar-refractivity contribution in [2.24, 2.45) is 4.99 Å². The van der Waals surface area contributed by atoms with Crippen molar-refractivity contribution in [2.45, 2.75) is 32.7 Å². The van der Waals surface area contributed by atoms with Gasteiger partial charge < -0.3 is 35.0 Å². The fraction of sp³-hybridized carbons (Fsp3) is 0.429. The first-order chi connectivity index (χ1) is 20.7. The summed E-state index contributed by atoms with van der Waals surface area (Å²) in [5.41, 5.74) is 0.758. The summed E-state index contributed by atoms with van der Waals surface area (Å²) < 4.78 is 5.02. The highest BCUT2D eigenvalue weighted by Crippen LogP contribution is 2.22. The number of nitrogens with zero attached hydrogens (tertiary/aromatic N) is 6. The lowest BCUT2D eigenvalue weighted by Crippen LogP contribution is -2.56. The van der Waals surface area contributed by atoms with E-state index in [4.69, 9.17) is 14.6 Å². The third-order valence-corrected chi connectivity index (χ3v) is 6.68. The summed E-state index contributed by atoms with van der Waals surface area (Å²) in [5, 5.41) is 18.9. The summed E-state index contributed by atoms with van der Waals surface area (Å²) in [6.45, 7) is 5.81. The number of amides is 3. The zero-order valence-corrected chi connectivity index (χ0v) is 24.0. The van der Waals surface area contributed by atoms with Crippen LogP contribution in [0.1, 0.15) is 37.2 Å². The molecule has 2 aromatic rings. The van der Waals surface area contributed by atoms with E-state index in [0.29, 0.717) is 30.3 Å². The highest BCUT2D eigenvalue weighted by atomic mass is 16.6. The molecular weight excluding hydrogens is 562 g/mol. The maximum absolute atomic E-state index is 13.5. The maximum Gasteiger partial charge on any atom is 0.409 e. The number of hydrogen-bond acceptors (Lipinski definition) is 10. The van der Waals surface area contributed by atoms with E-state index in [0.717, 1.165) is 5.84 Å². The molecule has 0 aliphatic carbocycles. The van der Waals surface area contributed by atoms with Gasteiger partial charge in [0.05, 0.1) is 13.2 Å². The van der Waals surface area contributed by atoms with Crippen molar-refractivity contribution in [3.63, 3.8) is 0 Å². The van der Waals surface area contributed by atoms with Gasteiger partial charge in [-0.05, 0) is 20.3 Å². The van der Waals surface area contributed by atoms with Gasteiger partial charge in [0.2, 0.25) is 5.91 Å². The van der Waals surface area contributed by atoms with Gasteiger partial charge in [0.1, 0.15) is 23.4 Å². The Kier molecular flexibility index (Phi) is 11.9. The number of ether oxygens (including phenoxy) is 1. The largest absolute Gasteiger partial charge is 0.483 e. The zero-order valence-electron chi connectivity index (χ0n) is 24.0. The number of aliphatic carboxylic acids is 1. The number of aliphatic imine (C=N–C) groups is 1. The van der Waals surface area contributed by atoms with Crippen LogP contribution in [0.25, 0.3) is 11.4 Å². The van der Waals surface area contributed by atoms with Crippen molar-refractivity contribution in [2.75, 3.05) is 50.8 Å². The Hall–Kier alpha value is -5.08. The summed E-state index contributed by atoms with van der Waals surface area (Å²) >= 11 is 0. The second-order valence-electron chi connectivity index (χ2n) is 9.46. The molecule has 0 saturated carbocycles. The quantitative estimate of drug-likeness (QED) is 0.353. The molecule has 1 fully saturated rings. The number of benzene rings is 1. The van der Waals surface area contributed by atoms with Crippen LogP contribution in [0, 0.1) is 0 Å². The number of piperazine rings is 1. The van der Waals surface area contributed by atoms with Gasteiger partial charge in [0, 0.05) is 50.8 Å². The van der Waals surface area contributed by atoms with Crippen LogP contribution in [0.3, 0.4) is 0 Å². The first-order valence-electron chi connectivity index (χ1n) is 13.7. The third-order valence-electron chi connectivity index (χ3n) is 6.68. The van der Waals surface area contributed by atoms with Gasteiger partial charge in [-0.3, -0.25) is 24.2 Å². The lowest BCUT2D eigenvalue weighted by atomic mass is 10.1. The predicted octanol–water partition coefficient (Wildman–Crippen LogP) is 1.35. The molecule has 15 nitrogen and oxygen atoms in total. The molecule has 3 N–H and O–H groups in total. The summed E-state index contributed by atoms with van der Waals surface area (Å²) in [4.78, 5) is 77.1. The Labute approximate surface area is 248 Å². The number of aromatic nitrogens is 2. The zero-order chi connectivity index (χ0) is 31.4. The van der Waals surface area contributed by atoms with E-state index in [1.54, 1.807) is 13.0 Å². The molecule has 0 spiro atoms. The molecule has 43 heavy (non-hydrogen) atoms. The third kappa shape index (κ3) is 8.95. The Morgan fingerprint density at radius 1 is 1.05 bits per heavy atom. The molecule has 15 heteroatoms. The van der Waals surface area contributed by atoms with Gasteiger partial charge >= 0.3 is 12.1 Å². The van der Waals surface area contributed by atoms with Gasteiger partial charge in [0.15, 0.2) is 5.82 Å². The molecule has 0 radical (unpaired) electrons. The molecule has 0 unspecified atom stereocenters. The van der Waals surface area contributed by atoms with E-state index in [1.807, 2.05) is 42.2 Å². The van der Waals surface area contributed by atoms with Crippen molar-refractivity contribution >= 4 is 42.0 Å². The Morgan fingerprint density at radius 3 is 2.28 bits per heavy atom. The second kappa shape index (κ2) is 15.8. The number of anilines is 1. The van der Waals surface area contributed by atoms with E-state index in [2.05, 4.69) is 20.3 Å². The van der Waals surface area contributed by atoms with Gasteiger partial charge in [0.25, 0.3) is 12.4 Å². The number of hydrogen-bond donors (Lipinski definition) is 3. The summed E-state index contributed by atoms with van der Waals surface area (Å²) in [6.07, 6.45) is -0.857. The van der Waals surface area contributed by atoms with Crippen molar-refractivity contribution in [3.8, 4) is 11.4 Å². The number of carboxylic acid groups (broad SMARTS) is 2. The van der Waals surface area contributed by atoms with Crippen molar-refractivity contribution in [1.82, 2.24) is 25.1 Å². The number of amidine groups is 1. The van der Waals surface area contributed by atoms with Crippen molar-refractivity contribution < 1.29 is 38.9 Å². The SMILES string of the molecule is CCOC(=O)N1CCN(C(=O)[C@H](CCC(=O)O)NC(=O)c2cc(N3CCN=C3C)nc(-c3ccccc3)n2)CC1.O=CO. The number of carboxylic acids is 1. The van der Waals surface area contributed by atoms with Crippen LogP contribution in [0.15, 0.2) is 41.4 Å². The van der Waals surface area contributed by atoms with Crippen LogP contribution in [-0.4, -0.2) is 118 Å². The van der Waals surface area contributed by atoms with Crippen LogP contribution in [-0.2, 0) is 19.1 Å². The number of rotatable bonds is 9.